The topological polar surface area (TPSA) is 64.0 Å². The lowest BCUT2D eigenvalue weighted by Crippen LogP contribution is -2.23. The molecule has 5 nitrogen and oxygen atoms in total. The first-order chi connectivity index (χ1) is 12.2. The van der Waals surface area contributed by atoms with Gasteiger partial charge in [-0.15, -0.1) is 0 Å². The fourth-order valence-corrected chi connectivity index (χ4v) is 3.38. The molecule has 0 amide bonds. The van der Waals surface area contributed by atoms with Crippen molar-refractivity contribution < 1.29 is 21.6 Å². The Hall–Kier alpha value is -2.81. The molecule has 0 fully saturated rings. The summed E-state index contributed by atoms with van der Waals surface area (Å²) in [7, 11) is -4.08. The van der Waals surface area contributed by atoms with E-state index in [1.807, 2.05) is 0 Å². The Labute approximate surface area is 148 Å². The van der Waals surface area contributed by atoms with Gasteiger partial charge in [-0.1, -0.05) is 42.0 Å². The van der Waals surface area contributed by atoms with Gasteiger partial charge < -0.3 is 0 Å². The van der Waals surface area contributed by atoms with Crippen LogP contribution in [0.1, 0.15) is 11.3 Å². The van der Waals surface area contributed by atoms with Crippen LogP contribution >= 0.6 is 0 Å². The summed E-state index contributed by atoms with van der Waals surface area (Å²) < 4.78 is 65.0. The maximum absolute atomic E-state index is 13.1. The van der Waals surface area contributed by atoms with Gasteiger partial charge in [0.15, 0.2) is 11.5 Å². The third-order valence-corrected chi connectivity index (χ3v) is 4.87. The number of aryl methyl sites for hydroxylation is 1. The van der Waals surface area contributed by atoms with Gasteiger partial charge in [-0.25, -0.2) is 14.5 Å². The van der Waals surface area contributed by atoms with Crippen LogP contribution in [-0.4, -0.2) is 18.1 Å². The average Bonchev–Trinajstić information content (AvgIpc) is 2.99. The highest BCUT2D eigenvalue weighted by molar-refractivity contribution is 7.92. The number of aromatic nitrogens is 2. The van der Waals surface area contributed by atoms with Gasteiger partial charge in [-0.05, 0) is 25.1 Å². The molecule has 2 aromatic carbocycles. The SMILES string of the molecule is Cc1cccc(-c2nc(C(F)(F)F)cn2NS(=O)(=O)c2ccccc2)c1. The van der Waals surface area contributed by atoms with Crippen molar-refractivity contribution in [2.45, 2.75) is 18.0 Å². The second-order valence-electron chi connectivity index (χ2n) is 5.59. The number of hydrogen-bond donors (Lipinski definition) is 1. The molecule has 3 aromatic rings. The average molecular weight is 381 g/mol. The number of sulfonamides is 1. The van der Waals surface area contributed by atoms with Crippen molar-refractivity contribution in [2.75, 3.05) is 4.83 Å². The van der Waals surface area contributed by atoms with Crippen molar-refractivity contribution in [1.82, 2.24) is 9.66 Å². The van der Waals surface area contributed by atoms with Gasteiger partial charge in [0.25, 0.3) is 10.0 Å². The quantitative estimate of drug-likeness (QED) is 0.748. The van der Waals surface area contributed by atoms with E-state index in [0.717, 1.165) is 10.2 Å². The molecular weight excluding hydrogens is 367 g/mol. The van der Waals surface area contributed by atoms with Crippen LogP contribution in [0.5, 0.6) is 0 Å². The predicted octanol–water partition coefficient (Wildman–Crippen LogP) is 3.81. The lowest BCUT2D eigenvalue weighted by Gasteiger charge is -2.12. The van der Waals surface area contributed by atoms with E-state index < -0.39 is 21.9 Å². The molecule has 9 heteroatoms. The highest BCUT2D eigenvalue weighted by atomic mass is 32.2. The van der Waals surface area contributed by atoms with Crippen LogP contribution in [0.2, 0.25) is 0 Å². The zero-order valence-corrected chi connectivity index (χ0v) is 14.3. The molecule has 0 radical (unpaired) electrons. The molecule has 0 atom stereocenters. The first-order valence-electron chi connectivity index (χ1n) is 7.48. The number of halogens is 3. The third kappa shape index (κ3) is 3.72. The fraction of sp³-hybridized carbons (Fsp3) is 0.118. The molecule has 0 saturated carbocycles. The monoisotopic (exact) mass is 381 g/mol. The molecule has 0 spiro atoms. The van der Waals surface area contributed by atoms with E-state index in [1.54, 1.807) is 37.3 Å². The summed E-state index contributed by atoms with van der Waals surface area (Å²) in [6.07, 6.45) is -4.08. The Bertz CT molecular complexity index is 1030. The molecule has 0 bridgehead atoms. The minimum absolute atomic E-state index is 0.0718. The van der Waals surface area contributed by atoms with Crippen LogP contribution < -0.4 is 4.83 Å². The van der Waals surface area contributed by atoms with Gasteiger partial charge in [0.05, 0.1) is 11.1 Å². The minimum atomic E-state index is -4.71. The van der Waals surface area contributed by atoms with Crippen molar-refractivity contribution in [3.63, 3.8) is 0 Å². The van der Waals surface area contributed by atoms with Crippen LogP contribution in [0, 0.1) is 6.92 Å². The van der Waals surface area contributed by atoms with Gasteiger partial charge in [0.1, 0.15) is 0 Å². The number of nitrogens with zero attached hydrogens (tertiary/aromatic N) is 2. The van der Waals surface area contributed by atoms with Crippen molar-refractivity contribution >= 4 is 10.0 Å². The fourth-order valence-electron chi connectivity index (χ4n) is 2.36. The Balaban J connectivity index is 2.10. The van der Waals surface area contributed by atoms with Crippen LogP contribution in [0.15, 0.2) is 65.7 Å². The van der Waals surface area contributed by atoms with Crippen molar-refractivity contribution in [3.05, 3.63) is 72.1 Å². The Morgan fingerprint density at radius 3 is 2.35 bits per heavy atom. The van der Waals surface area contributed by atoms with E-state index in [4.69, 9.17) is 0 Å². The first-order valence-corrected chi connectivity index (χ1v) is 8.97. The summed E-state index contributed by atoms with van der Waals surface area (Å²) in [6, 6.07) is 14.0. The van der Waals surface area contributed by atoms with Crippen LogP contribution in [0.3, 0.4) is 0 Å². The lowest BCUT2D eigenvalue weighted by molar-refractivity contribution is -0.140. The van der Waals surface area contributed by atoms with Crippen molar-refractivity contribution in [2.24, 2.45) is 0 Å². The van der Waals surface area contributed by atoms with Crippen molar-refractivity contribution in [3.8, 4) is 11.4 Å². The van der Waals surface area contributed by atoms with Gasteiger partial charge in [-0.3, -0.25) is 0 Å². The normalized spacial score (nSPS) is 12.2. The molecule has 1 heterocycles. The summed E-state index contributed by atoms with van der Waals surface area (Å²) in [4.78, 5) is 5.65. The first kappa shape index (κ1) is 18.0. The maximum Gasteiger partial charge on any atom is 0.434 e. The van der Waals surface area contributed by atoms with Gasteiger partial charge in [0.2, 0.25) is 0 Å². The molecule has 0 unspecified atom stereocenters. The zero-order valence-electron chi connectivity index (χ0n) is 13.5. The second-order valence-corrected chi connectivity index (χ2v) is 7.26. The summed E-state index contributed by atoms with van der Waals surface area (Å²) in [5.74, 6) is -0.152. The Morgan fingerprint density at radius 1 is 1.04 bits per heavy atom. The van der Waals surface area contributed by atoms with Crippen LogP contribution in [0.25, 0.3) is 11.4 Å². The number of nitrogens with one attached hydrogen (secondary N) is 1. The highest BCUT2D eigenvalue weighted by Gasteiger charge is 2.35. The summed E-state index contributed by atoms with van der Waals surface area (Å²) in [5, 5.41) is 0. The number of alkyl halides is 3. The van der Waals surface area contributed by atoms with Crippen molar-refractivity contribution in [1.29, 1.82) is 0 Å². The van der Waals surface area contributed by atoms with Crippen LogP contribution in [0.4, 0.5) is 13.2 Å². The zero-order chi connectivity index (χ0) is 18.9. The molecule has 0 saturated heterocycles. The molecular formula is C17H14F3N3O2S. The molecule has 3 rings (SSSR count). The lowest BCUT2D eigenvalue weighted by atomic mass is 10.1. The largest absolute Gasteiger partial charge is 0.434 e. The summed E-state index contributed by atoms with van der Waals surface area (Å²) in [6.45, 7) is 1.77. The van der Waals surface area contributed by atoms with Gasteiger partial charge in [0, 0.05) is 5.56 Å². The van der Waals surface area contributed by atoms with Gasteiger partial charge >= 0.3 is 6.18 Å². The van der Waals surface area contributed by atoms with E-state index in [0.29, 0.717) is 11.8 Å². The van der Waals surface area contributed by atoms with Crippen LogP contribution in [-0.2, 0) is 16.2 Å². The Morgan fingerprint density at radius 2 is 1.73 bits per heavy atom. The molecule has 0 aliphatic rings. The summed E-state index contributed by atoms with van der Waals surface area (Å²) in [5.41, 5.74) is -0.0300. The van der Waals surface area contributed by atoms with E-state index in [1.165, 1.54) is 24.3 Å². The highest BCUT2D eigenvalue weighted by Crippen LogP contribution is 2.31. The standard InChI is InChI=1S/C17H14F3N3O2S/c1-12-6-5-7-13(10-12)16-21-15(17(18,19)20)11-23(16)22-26(24,25)14-8-3-2-4-9-14/h2-11,22H,1H3. The molecule has 136 valence electrons. The molecule has 1 aromatic heterocycles. The second kappa shape index (κ2) is 6.49. The third-order valence-electron chi connectivity index (χ3n) is 3.54. The number of hydrogen-bond acceptors (Lipinski definition) is 3. The van der Waals surface area contributed by atoms with E-state index in [9.17, 15) is 21.6 Å². The summed E-state index contributed by atoms with van der Waals surface area (Å²) >= 11 is 0. The molecule has 1 N–H and O–H groups in total. The number of rotatable bonds is 4. The predicted molar refractivity (Wildman–Crippen MR) is 90.4 cm³/mol. The molecule has 26 heavy (non-hydrogen) atoms. The Kier molecular flexibility index (Phi) is 4.49. The van der Waals surface area contributed by atoms with E-state index in [-0.39, 0.29) is 10.7 Å². The van der Waals surface area contributed by atoms with Gasteiger partial charge in [-0.2, -0.15) is 21.6 Å². The minimum Gasteiger partial charge on any atom is -0.233 e. The molecule has 0 aliphatic carbocycles. The maximum atomic E-state index is 13.1. The smallest absolute Gasteiger partial charge is 0.233 e. The van der Waals surface area contributed by atoms with E-state index >= 15 is 0 Å². The number of benzene rings is 2. The molecule has 0 aliphatic heterocycles. The van der Waals surface area contributed by atoms with E-state index in [2.05, 4.69) is 9.82 Å². The number of imidazole rings is 1.